The quantitative estimate of drug-likeness (QED) is 0.717. The molecule has 0 spiro atoms. The van der Waals surface area contributed by atoms with E-state index in [0.29, 0.717) is 0 Å². The molecule has 0 unspecified atom stereocenters. The first-order chi connectivity index (χ1) is 7.95. The second-order valence-electron chi connectivity index (χ2n) is 4.65. The first-order valence-corrected chi connectivity index (χ1v) is 6.45. The van der Waals surface area contributed by atoms with Crippen LogP contribution in [0, 0.1) is 5.92 Å². The highest BCUT2D eigenvalue weighted by Gasteiger charge is 2.13. The molecule has 1 aliphatic rings. The van der Waals surface area contributed by atoms with Crippen LogP contribution in [0.5, 0.6) is 0 Å². The van der Waals surface area contributed by atoms with E-state index in [4.69, 9.17) is 0 Å². The molecule has 0 amide bonds. The minimum atomic E-state index is 0.941. The van der Waals surface area contributed by atoms with Gasteiger partial charge in [0.1, 0.15) is 0 Å². The maximum atomic E-state index is 3.54. The van der Waals surface area contributed by atoms with Crippen molar-refractivity contribution < 1.29 is 0 Å². The summed E-state index contributed by atoms with van der Waals surface area (Å²) in [5.41, 5.74) is 1.21. The predicted octanol–water partition coefficient (Wildman–Crippen LogP) is 2.88. The van der Waals surface area contributed by atoms with Crippen molar-refractivity contribution in [2.24, 2.45) is 5.92 Å². The smallest absolute Gasteiger partial charge is 0.0340 e. The van der Waals surface area contributed by atoms with Gasteiger partial charge in [-0.3, -0.25) is 0 Å². The lowest BCUT2D eigenvalue weighted by Crippen LogP contribution is -2.26. The molecule has 0 bridgehead atoms. The first kappa shape index (κ1) is 11.5. The zero-order chi connectivity index (χ0) is 11.1. The standard InChI is InChI=1S/C14H22N2/c1-2-8-14(9-3-1)16-11-10-15-12-13-6-4-5-7-13/h1-3,8-9,13,15-16H,4-7,10-12H2. The van der Waals surface area contributed by atoms with Crippen molar-refractivity contribution in [1.82, 2.24) is 5.32 Å². The number of para-hydroxylation sites is 1. The van der Waals surface area contributed by atoms with Crippen molar-refractivity contribution in [2.45, 2.75) is 25.7 Å². The highest BCUT2D eigenvalue weighted by atomic mass is 14.9. The third kappa shape index (κ3) is 3.86. The van der Waals surface area contributed by atoms with Gasteiger partial charge in [-0.05, 0) is 37.4 Å². The molecule has 0 heterocycles. The van der Waals surface area contributed by atoms with E-state index in [1.54, 1.807) is 0 Å². The van der Waals surface area contributed by atoms with Crippen LogP contribution in [0.15, 0.2) is 30.3 Å². The molecule has 2 heteroatoms. The Bertz CT molecular complexity index is 278. The minimum absolute atomic E-state index is 0.941. The Kier molecular flexibility index (Phi) is 4.69. The molecule has 2 rings (SSSR count). The summed E-state index contributed by atoms with van der Waals surface area (Å²) >= 11 is 0. The number of hydrogen-bond acceptors (Lipinski definition) is 2. The van der Waals surface area contributed by atoms with Gasteiger partial charge in [-0.25, -0.2) is 0 Å². The van der Waals surface area contributed by atoms with Crippen LogP contribution in [0.4, 0.5) is 5.69 Å². The second kappa shape index (κ2) is 6.54. The van der Waals surface area contributed by atoms with Gasteiger partial charge >= 0.3 is 0 Å². The highest BCUT2D eigenvalue weighted by molar-refractivity contribution is 5.42. The number of rotatable bonds is 6. The van der Waals surface area contributed by atoms with E-state index < -0.39 is 0 Å². The summed E-state index contributed by atoms with van der Waals surface area (Å²) in [5.74, 6) is 0.941. The van der Waals surface area contributed by atoms with E-state index in [1.165, 1.54) is 37.9 Å². The van der Waals surface area contributed by atoms with Crippen molar-refractivity contribution in [3.05, 3.63) is 30.3 Å². The normalized spacial score (nSPS) is 16.5. The molecule has 0 radical (unpaired) electrons. The molecule has 1 aromatic rings. The Morgan fingerprint density at radius 2 is 1.75 bits per heavy atom. The topological polar surface area (TPSA) is 24.1 Å². The fourth-order valence-corrected chi connectivity index (χ4v) is 2.37. The van der Waals surface area contributed by atoms with Crippen molar-refractivity contribution in [2.75, 3.05) is 25.0 Å². The minimum Gasteiger partial charge on any atom is -0.384 e. The van der Waals surface area contributed by atoms with Crippen molar-refractivity contribution >= 4 is 5.69 Å². The van der Waals surface area contributed by atoms with Crippen LogP contribution in [0.3, 0.4) is 0 Å². The Morgan fingerprint density at radius 3 is 2.50 bits per heavy atom. The molecule has 2 N–H and O–H groups in total. The molecule has 1 aliphatic carbocycles. The maximum Gasteiger partial charge on any atom is 0.0340 e. The van der Waals surface area contributed by atoms with Gasteiger partial charge in [0.25, 0.3) is 0 Å². The third-order valence-electron chi connectivity index (χ3n) is 3.31. The second-order valence-corrected chi connectivity index (χ2v) is 4.65. The predicted molar refractivity (Wildman–Crippen MR) is 69.8 cm³/mol. The van der Waals surface area contributed by atoms with Crippen molar-refractivity contribution in [3.63, 3.8) is 0 Å². The van der Waals surface area contributed by atoms with Gasteiger partial charge < -0.3 is 10.6 Å². The molecule has 0 aliphatic heterocycles. The molecular formula is C14H22N2. The summed E-state index contributed by atoms with van der Waals surface area (Å²) in [4.78, 5) is 0. The summed E-state index contributed by atoms with van der Waals surface area (Å²) in [6.07, 6.45) is 5.74. The third-order valence-corrected chi connectivity index (χ3v) is 3.31. The SMILES string of the molecule is c1ccc(NCCNCC2CCCC2)cc1. The lowest BCUT2D eigenvalue weighted by Gasteiger charge is -2.11. The van der Waals surface area contributed by atoms with E-state index in [0.717, 1.165) is 19.0 Å². The van der Waals surface area contributed by atoms with Gasteiger partial charge in [0.05, 0.1) is 0 Å². The van der Waals surface area contributed by atoms with Crippen molar-refractivity contribution in [1.29, 1.82) is 0 Å². The number of benzene rings is 1. The summed E-state index contributed by atoms with van der Waals surface area (Å²) in [5, 5.41) is 6.94. The van der Waals surface area contributed by atoms with Crippen LogP contribution in [0.2, 0.25) is 0 Å². The van der Waals surface area contributed by atoms with Gasteiger partial charge in [0.15, 0.2) is 0 Å². The largest absolute Gasteiger partial charge is 0.384 e. The number of anilines is 1. The average Bonchev–Trinajstić information content (AvgIpc) is 2.83. The first-order valence-electron chi connectivity index (χ1n) is 6.45. The van der Waals surface area contributed by atoms with Crippen LogP contribution in [-0.2, 0) is 0 Å². The molecule has 0 saturated heterocycles. The zero-order valence-electron chi connectivity index (χ0n) is 9.91. The molecule has 88 valence electrons. The lowest BCUT2D eigenvalue weighted by molar-refractivity contribution is 0.496. The average molecular weight is 218 g/mol. The number of nitrogens with one attached hydrogen (secondary N) is 2. The van der Waals surface area contributed by atoms with Crippen LogP contribution in [0.1, 0.15) is 25.7 Å². The van der Waals surface area contributed by atoms with E-state index in [9.17, 15) is 0 Å². The summed E-state index contributed by atoms with van der Waals surface area (Å²) in [6.45, 7) is 3.28. The van der Waals surface area contributed by atoms with E-state index in [1.807, 2.05) is 6.07 Å². The van der Waals surface area contributed by atoms with Crippen LogP contribution >= 0.6 is 0 Å². The Balaban J connectivity index is 1.52. The van der Waals surface area contributed by atoms with Crippen LogP contribution in [0.25, 0.3) is 0 Å². The summed E-state index contributed by atoms with van der Waals surface area (Å²) in [6, 6.07) is 10.4. The van der Waals surface area contributed by atoms with Crippen LogP contribution in [-0.4, -0.2) is 19.6 Å². The number of hydrogen-bond donors (Lipinski definition) is 2. The summed E-state index contributed by atoms with van der Waals surface area (Å²) in [7, 11) is 0. The van der Waals surface area contributed by atoms with Crippen LogP contribution < -0.4 is 10.6 Å². The molecule has 1 saturated carbocycles. The zero-order valence-corrected chi connectivity index (χ0v) is 9.91. The monoisotopic (exact) mass is 218 g/mol. The Hall–Kier alpha value is -1.02. The van der Waals surface area contributed by atoms with E-state index in [2.05, 4.69) is 34.9 Å². The summed E-state index contributed by atoms with van der Waals surface area (Å²) < 4.78 is 0. The van der Waals surface area contributed by atoms with Gasteiger partial charge in [-0.2, -0.15) is 0 Å². The highest BCUT2D eigenvalue weighted by Crippen LogP contribution is 2.23. The molecule has 1 fully saturated rings. The molecular weight excluding hydrogens is 196 g/mol. The van der Waals surface area contributed by atoms with Crippen molar-refractivity contribution in [3.8, 4) is 0 Å². The van der Waals surface area contributed by atoms with Gasteiger partial charge in [-0.1, -0.05) is 31.0 Å². The Morgan fingerprint density at radius 1 is 1.00 bits per heavy atom. The molecule has 16 heavy (non-hydrogen) atoms. The van der Waals surface area contributed by atoms with Gasteiger partial charge in [0.2, 0.25) is 0 Å². The molecule has 0 aromatic heterocycles. The molecule has 1 aromatic carbocycles. The van der Waals surface area contributed by atoms with E-state index >= 15 is 0 Å². The fraction of sp³-hybridized carbons (Fsp3) is 0.571. The lowest BCUT2D eigenvalue weighted by atomic mass is 10.1. The van der Waals surface area contributed by atoms with Gasteiger partial charge in [-0.15, -0.1) is 0 Å². The molecule has 2 nitrogen and oxygen atoms in total. The maximum absolute atomic E-state index is 3.54. The van der Waals surface area contributed by atoms with Gasteiger partial charge in [0, 0.05) is 18.8 Å². The van der Waals surface area contributed by atoms with E-state index in [-0.39, 0.29) is 0 Å². The molecule has 0 atom stereocenters. The Labute approximate surface area is 98.4 Å². The fourth-order valence-electron chi connectivity index (χ4n) is 2.37.